The Morgan fingerprint density at radius 3 is 2.39 bits per heavy atom. The van der Waals surface area contributed by atoms with Crippen molar-refractivity contribution >= 4 is 17.9 Å². The number of piperazine rings is 1. The maximum Gasteiger partial charge on any atom is 0.335 e. The smallest absolute Gasteiger partial charge is 0.335 e. The van der Waals surface area contributed by atoms with Crippen molar-refractivity contribution in [3.05, 3.63) is 35.4 Å². The summed E-state index contributed by atoms with van der Waals surface area (Å²) in [5.41, 5.74) is 1.05. The Morgan fingerprint density at radius 2 is 1.87 bits per heavy atom. The Bertz CT molecular complexity index is 600. The first-order valence-corrected chi connectivity index (χ1v) is 7.50. The first kappa shape index (κ1) is 16.8. The zero-order valence-electron chi connectivity index (χ0n) is 13.3. The van der Waals surface area contributed by atoms with Gasteiger partial charge < -0.3 is 20.2 Å². The van der Waals surface area contributed by atoms with Gasteiger partial charge in [0, 0.05) is 39.1 Å². The molecule has 1 fully saturated rings. The molecule has 1 aliphatic heterocycles. The van der Waals surface area contributed by atoms with Crippen molar-refractivity contribution in [1.82, 2.24) is 15.1 Å². The largest absolute Gasteiger partial charge is 0.478 e. The minimum Gasteiger partial charge on any atom is -0.478 e. The standard InChI is InChI=1S/C16H21N3O4/c1-11-10-18(12(2)20)7-8-19(11)16(23)17-9-13-3-5-14(6-4-13)15(21)22/h3-6,11H,7-10H2,1-2H3,(H,17,23)(H,21,22). The highest BCUT2D eigenvalue weighted by atomic mass is 16.4. The van der Waals surface area contributed by atoms with Crippen molar-refractivity contribution in [2.75, 3.05) is 19.6 Å². The summed E-state index contributed by atoms with van der Waals surface area (Å²) < 4.78 is 0. The predicted molar refractivity (Wildman–Crippen MR) is 84.1 cm³/mol. The molecule has 1 aromatic rings. The fraction of sp³-hybridized carbons (Fsp3) is 0.438. The van der Waals surface area contributed by atoms with Crippen LogP contribution in [0.25, 0.3) is 0 Å². The number of aromatic carboxylic acids is 1. The number of carboxylic acids is 1. The van der Waals surface area contributed by atoms with Crippen molar-refractivity contribution in [2.45, 2.75) is 26.4 Å². The molecule has 0 spiro atoms. The lowest BCUT2D eigenvalue weighted by Gasteiger charge is -2.39. The highest BCUT2D eigenvalue weighted by molar-refractivity contribution is 5.87. The Kier molecular flexibility index (Phi) is 5.20. The second-order valence-electron chi connectivity index (χ2n) is 5.67. The molecule has 0 radical (unpaired) electrons. The second-order valence-corrected chi connectivity index (χ2v) is 5.67. The number of urea groups is 1. The minimum absolute atomic E-state index is 0.0235. The van der Waals surface area contributed by atoms with Gasteiger partial charge >= 0.3 is 12.0 Å². The van der Waals surface area contributed by atoms with Gasteiger partial charge in [-0.25, -0.2) is 9.59 Å². The van der Waals surface area contributed by atoms with Crippen LogP contribution in [-0.2, 0) is 11.3 Å². The predicted octanol–water partition coefficient (Wildman–Crippen LogP) is 1.15. The van der Waals surface area contributed by atoms with Crippen LogP contribution < -0.4 is 5.32 Å². The molecule has 7 heteroatoms. The number of amides is 3. The summed E-state index contributed by atoms with van der Waals surface area (Å²) in [5, 5.41) is 11.7. The van der Waals surface area contributed by atoms with E-state index in [1.165, 1.54) is 19.1 Å². The number of hydrogen-bond acceptors (Lipinski definition) is 3. The lowest BCUT2D eigenvalue weighted by Crippen LogP contribution is -2.57. The van der Waals surface area contributed by atoms with Crippen LogP contribution in [0.1, 0.15) is 29.8 Å². The zero-order valence-corrected chi connectivity index (χ0v) is 13.3. The average Bonchev–Trinajstić information content (AvgIpc) is 2.52. The van der Waals surface area contributed by atoms with Crippen LogP contribution in [0.2, 0.25) is 0 Å². The van der Waals surface area contributed by atoms with Crippen LogP contribution in [0.15, 0.2) is 24.3 Å². The lowest BCUT2D eigenvalue weighted by molar-refractivity contribution is -0.131. The molecule has 0 saturated carbocycles. The van der Waals surface area contributed by atoms with Crippen LogP contribution in [0.5, 0.6) is 0 Å². The Labute approximate surface area is 134 Å². The molecule has 2 rings (SSSR count). The molecule has 2 N–H and O–H groups in total. The second kappa shape index (κ2) is 7.13. The molecule has 0 aliphatic carbocycles. The third-order valence-electron chi connectivity index (χ3n) is 3.98. The average molecular weight is 319 g/mol. The summed E-state index contributed by atoms with van der Waals surface area (Å²) in [5.74, 6) is -0.951. The van der Waals surface area contributed by atoms with Crippen molar-refractivity contribution in [1.29, 1.82) is 0 Å². The van der Waals surface area contributed by atoms with Gasteiger partial charge in [0.2, 0.25) is 5.91 Å². The van der Waals surface area contributed by atoms with Crippen LogP contribution in [0, 0.1) is 0 Å². The Balaban J connectivity index is 1.87. The SMILES string of the molecule is CC(=O)N1CCN(C(=O)NCc2ccc(C(=O)O)cc2)C(C)C1. The molecule has 1 atom stereocenters. The van der Waals surface area contributed by atoms with E-state index in [9.17, 15) is 14.4 Å². The van der Waals surface area contributed by atoms with Gasteiger partial charge in [-0.3, -0.25) is 4.79 Å². The molecule has 0 aromatic heterocycles. The molecule has 1 unspecified atom stereocenters. The van der Waals surface area contributed by atoms with E-state index in [0.717, 1.165) is 5.56 Å². The van der Waals surface area contributed by atoms with Crippen LogP contribution in [-0.4, -0.2) is 58.5 Å². The molecular weight excluding hydrogens is 298 g/mol. The maximum atomic E-state index is 12.3. The molecule has 23 heavy (non-hydrogen) atoms. The van der Waals surface area contributed by atoms with Gasteiger partial charge in [-0.2, -0.15) is 0 Å². The van der Waals surface area contributed by atoms with Gasteiger partial charge in [-0.1, -0.05) is 12.1 Å². The maximum absolute atomic E-state index is 12.3. The number of carboxylic acid groups (broad SMARTS) is 1. The quantitative estimate of drug-likeness (QED) is 0.874. The van der Waals surface area contributed by atoms with Crippen LogP contribution >= 0.6 is 0 Å². The van der Waals surface area contributed by atoms with E-state index in [-0.39, 0.29) is 23.5 Å². The van der Waals surface area contributed by atoms with E-state index >= 15 is 0 Å². The number of nitrogens with one attached hydrogen (secondary N) is 1. The van der Waals surface area contributed by atoms with Crippen molar-refractivity contribution < 1.29 is 19.5 Å². The number of carbonyl (C=O) groups excluding carboxylic acids is 2. The Hall–Kier alpha value is -2.57. The third kappa shape index (κ3) is 4.21. The fourth-order valence-corrected chi connectivity index (χ4v) is 2.59. The van der Waals surface area contributed by atoms with Gasteiger partial charge in [0.15, 0.2) is 0 Å². The number of hydrogen-bond donors (Lipinski definition) is 2. The number of benzene rings is 1. The van der Waals surface area contributed by atoms with Crippen LogP contribution in [0.3, 0.4) is 0 Å². The highest BCUT2D eigenvalue weighted by Crippen LogP contribution is 2.10. The van der Waals surface area contributed by atoms with Crippen molar-refractivity contribution in [3.8, 4) is 0 Å². The van der Waals surface area contributed by atoms with E-state index in [0.29, 0.717) is 26.2 Å². The van der Waals surface area contributed by atoms with E-state index in [1.807, 2.05) is 6.92 Å². The molecule has 1 heterocycles. The fourth-order valence-electron chi connectivity index (χ4n) is 2.59. The summed E-state index contributed by atoms with van der Waals surface area (Å²) in [6.07, 6.45) is 0. The summed E-state index contributed by atoms with van der Waals surface area (Å²) in [4.78, 5) is 37.9. The summed E-state index contributed by atoms with van der Waals surface area (Å²) in [7, 11) is 0. The number of carbonyl (C=O) groups is 3. The highest BCUT2D eigenvalue weighted by Gasteiger charge is 2.28. The molecule has 3 amide bonds. The molecular formula is C16H21N3O4. The summed E-state index contributed by atoms with van der Waals surface area (Å²) >= 11 is 0. The molecule has 1 aromatic carbocycles. The van der Waals surface area contributed by atoms with Gasteiger partial charge in [0.1, 0.15) is 0 Å². The van der Waals surface area contributed by atoms with Crippen LogP contribution in [0.4, 0.5) is 4.79 Å². The number of nitrogens with zero attached hydrogens (tertiary/aromatic N) is 2. The van der Waals surface area contributed by atoms with E-state index in [1.54, 1.807) is 21.9 Å². The number of rotatable bonds is 3. The zero-order chi connectivity index (χ0) is 17.0. The summed E-state index contributed by atoms with van der Waals surface area (Å²) in [6, 6.07) is 6.17. The van der Waals surface area contributed by atoms with Crippen molar-refractivity contribution in [3.63, 3.8) is 0 Å². The minimum atomic E-state index is -0.974. The van der Waals surface area contributed by atoms with E-state index in [2.05, 4.69) is 5.32 Å². The molecule has 7 nitrogen and oxygen atoms in total. The van der Waals surface area contributed by atoms with E-state index < -0.39 is 5.97 Å². The topological polar surface area (TPSA) is 90.0 Å². The molecule has 0 bridgehead atoms. The summed E-state index contributed by atoms with van der Waals surface area (Å²) in [6.45, 7) is 5.36. The molecule has 124 valence electrons. The van der Waals surface area contributed by atoms with Gasteiger partial charge in [0.25, 0.3) is 0 Å². The molecule has 1 aliphatic rings. The van der Waals surface area contributed by atoms with Gasteiger partial charge in [-0.15, -0.1) is 0 Å². The first-order valence-electron chi connectivity index (χ1n) is 7.50. The lowest BCUT2D eigenvalue weighted by atomic mass is 10.1. The van der Waals surface area contributed by atoms with Gasteiger partial charge in [0.05, 0.1) is 5.56 Å². The molecule has 1 saturated heterocycles. The van der Waals surface area contributed by atoms with Crippen molar-refractivity contribution in [2.24, 2.45) is 0 Å². The third-order valence-corrected chi connectivity index (χ3v) is 3.98. The Morgan fingerprint density at radius 1 is 1.22 bits per heavy atom. The van der Waals surface area contributed by atoms with Gasteiger partial charge in [-0.05, 0) is 24.6 Å². The van der Waals surface area contributed by atoms with E-state index in [4.69, 9.17) is 5.11 Å². The normalized spacial score (nSPS) is 17.7. The first-order chi connectivity index (χ1) is 10.9. The monoisotopic (exact) mass is 319 g/mol.